The molecule has 0 atom stereocenters. The summed E-state index contributed by atoms with van der Waals surface area (Å²) in [5, 5.41) is 8.15. The summed E-state index contributed by atoms with van der Waals surface area (Å²) in [7, 11) is 0. The normalized spacial score (nSPS) is 12.9. The lowest BCUT2D eigenvalue weighted by atomic mass is 9.98. The molecular weight excluding hydrogens is 464 g/mol. The van der Waals surface area contributed by atoms with Crippen molar-refractivity contribution in [2.75, 3.05) is 6.61 Å². The van der Waals surface area contributed by atoms with Gasteiger partial charge in [0, 0.05) is 17.9 Å². The predicted molar refractivity (Wildman–Crippen MR) is 120 cm³/mol. The van der Waals surface area contributed by atoms with E-state index in [2.05, 4.69) is 15.0 Å². The van der Waals surface area contributed by atoms with E-state index in [0.29, 0.717) is 30.2 Å². The highest BCUT2D eigenvalue weighted by atomic mass is 35.5. The van der Waals surface area contributed by atoms with Gasteiger partial charge in [0.25, 0.3) is 0 Å². The van der Waals surface area contributed by atoms with Crippen molar-refractivity contribution >= 4 is 23.4 Å². The Morgan fingerprint density at radius 1 is 1.32 bits per heavy atom. The van der Waals surface area contributed by atoms with E-state index in [0.717, 1.165) is 17.6 Å². The highest BCUT2D eigenvalue weighted by Crippen LogP contribution is 2.43. The van der Waals surface area contributed by atoms with Gasteiger partial charge in [-0.15, -0.1) is 4.73 Å². The molecule has 1 fully saturated rings. The Morgan fingerprint density at radius 3 is 2.74 bits per heavy atom. The number of nitrogens with zero attached hydrogens (tertiary/aromatic N) is 4. The number of hydrogen-bond donors (Lipinski definition) is 0. The number of ether oxygens (including phenoxy) is 1. The zero-order valence-electron chi connectivity index (χ0n) is 18.5. The molecule has 11 heteroatoms. The molecule has 2 aromatic heterocycles. The SMILES string of the molecule is C#COC(=O)c1noc(C2CC2)c1C(=O)c1cccc(Cn2nc(CC)n(OCC)c2=O)c1Cl. The fourth-order valence-electron chi connectivity index (χ4n) is 3.58. The molecular formula is C23H21ClN4O6. The summed E-state index contributed by atoms with van der Waals surface area (Å²) in [6.07, 6.45) is 8.93. The van der Waals surface area contributed by atoms with E-state index in [-0.39, 0.29) is 34.3 Å². The van der Waals surface area contributed by atoms with Crippen LogP contribution in [0.15, 0.2) is 27.5 Å². The van der Waals surface area contributed by atoms with E-state index < -0.39 is 17.4 Å². The van der Waals surface area contributed by atoms with Gasteiger partial charge in [-0.2, -0.15) is 5.10 Å². The van der Waals surface area contributed by atoms with Crippen molar-refractivity contribution in [2.24, 2.45) is 0 Å². The molecule has 0 saturated heterocycles. The van der Waals surface area contributed by atoms with Gasteiger partial charge in [0.15, 0.2) is 11.6 Å². The molecule has 0 amide bonds. The first-order valence-corrected chi connectivity index (χ1v) is 11.1. The van der Waals surface area contributed by atoms with E-state index in [1.54, 1.807) is 25.2 Å². The Hall–Kier alpha value is -3.84. The zero-order chi connectivity index (χ0) is 24.4. The highest BCUT2D eigenvalue weighted by Gasteiger charge is 2.38. The largest absolute Gasteiger partial charge is 0.408 e. The van der Waals surface area contributed by atoms with Crippen molar-refractivity contribution in [3.05, 3.63) is 67.7 Å². The molecule has 1 aliphatic rings. The molecule has 3 aromatic rings. The third-order valence-electron chi connectivity index (χ3n) is 5.32. The molecule has 10 nitrogen and oxygen atoms in total. The monoisotopic (exact) mass is 484 g/mol. The first-order chi connectivity index (χ1) is 16.4. The molecule has 0 N–H and O–H groups in total. The fraction of sp³-hybridized carbons (Fsp3) is 0.348. The van der Waals surface area contributed by atoms with Gasteiger partial charge in [0.1, 0.15) is 18.3 Å². The third kappa shape index (κ3) is 4.22. The zero-order valence-corrected chi connectivity index (χ0v) is 19.3. The molecule has 0 radical (unpaired) electrons. The minimum Gasteiger partial charge on any atom is -0.408 e. The number of aryl methyl sites for hydroxylation is 1. The lowest BCUT2D eigenvalue weighted by molar-refractivity contribution is 0.0676. The summed E-state index contributed by atoms with van der Waals surface area (Å²) >= 11 is 6.60. The molecule has 2 heterocycles. The van der Waals surface area contributed by atoms with Crippen LogP contribution < -0.4 is 10.5 Å². The van der Waals surface area contributed by atoms with Crippen molar-refractivity contribution in [1.29, 1.82) is 0 Å². The van der Waals surface area contributed by atoms with Crippen LogP contribution in [0.4, 0.5) is 0 Å². The van der Waals surface area contributed by atoms with Crippen LogP contribution in [-0.2, 0) is 17.7 Å². The van der Waals surface area contributed by atoms with E-state index in [1.165, 1.54) is 10.7 Å². The maximum atomic E-state index is 13.5. The maximum Gasteiger partial charge on any atom is 0.379 e. The molecule has 0 aliphatic heterocycles. The molecule has 0 spiro atoms. The van der Waals surface area contributed by atoms with Gasteiger partial charge >= 0.3 is 11.7 Å². The molecule has 4 rings (SSSR count). The van der Waals surface area contributed by atoms with Crippen LogP contribution in [0.5, 0.6) is 0 Å². The number of terminal acetylenes is 1. The quantitative estimate of drug-likeness (QED) is 0.258. The van der Waals surface area contributed by atoms with E-state index in [4.69, 9.17) is 27.4 Å². The van der Waals surface area contributed by atoms with Crippen LogP contribution in [0.1, 0.15) is 76.2 Å². The van der Waals surface area contributed by atoms with Crippen LogP contribution in [0.25, 0.3) is 0 Å². The molecule has 1 aliphatic carbocycles. The number of halogens is 1. The first kappa shape index (κ1) is 23.3. The minimum atomic E-state index is -0.964. The molecule has 0 unspecified atom stereocenters. The van der Waals surface area contributed by atoms with E-state index in [1.807, 2.05) is 6.92 Å². The topological polar surface area (TPSA) is 118 Å². The van der Waals surface area contributed by atoms with Gasteiger partial charge in [-0.3, -0.25) is 4.79 Å². The van der Waals surface area contributed by atoms with Crippen molar-refractivity contribution in [1.82, 2.24) is 19.7 Å². The Balaban J connectivity index is 1.72. The number of hydrogen-bond acceptors (Lipinski definition) is 8. The Labute approximate surface area is 199 Å². The van der Waals surface area contributed by atoms with Gasteiger partial charge in [-0.1, -0.05) is 42.2 Å². The van der Waals surface area contributed by atoms with Crippen molar-refractivity contribution in [3.8, 4) is 12.5 Å². The van der Waals surface area contributed by atoms with Crippen molar-refractivity contribution < 1.29 is 23.7 Å². The second kappa shape index (κ2) is 9.57. The molecule has 176 valence electrons. The second-order valence-corrected chi connectivity index (χ2v) is 7.96. The van der Waals surface area contributed by atoms with Gasteiger partial charge in [-0.05, 0) is 31.4 Å². The first-order valence-electron chi connectivity index (χ1n) is 10.7. The summed E-state index contributed by atoms with van der Waals surface area (Å²) in [6, 6.07) is 4.83. The summed E-state index contributed by atoms with van der Waals surface area (Å²) < 4.78 is 12.2. The predicted octanol–water partition coefficient (Wildman–Crippen LogP) is 2.60. The van der Waals surface area contributed by atoms with Crippen molar-refractivity contribution in [3.63, 3.8) is 0 Å². The smallest absolute Gasteiger partial charge is 0.379 e. The lowest BCUT2D eigenvalue weighted by Crippen LogP contribution is -2.30. The summed E-state index contributed by atoms with van der Waals surface area (Å²) in [4.78, 5) is 43.9. The maximum absolute atomic E-state index is 13.5. The molecule has 1 aromatic carbocycles. The Morgan fingerprint density at radius 2 is 2.09 bits per heavy atom. The number of benzene rings is 1. The summed E-state index contributed by atoms with van der Waals surface area (Å²) in [6.45, 7) is 3.93. The van der Waals surface area contributed by atoms with Crippen LogP contribution in [-0.4, -0.2) is 38.0 Å². The second-order valence-electron chi connectivity index (χ2n) is 7.58. The van der Waals surface area contributed by atoms with E-state index in [9.17, 15) is 14.4 Å². The average molecular weight is 485 g/mol. The van der Waals surface area contributed by atoms with Gasteiger partial charge < -0.3 is 14.1 Å². The highest BCUT2D eigenvalue weighted by molar-refractivity contribution is 6.36. The van der Waals surface area contributed by atoms with Crippen LogP contribution >= 0.6 is 11.6 Å². The van der Waals surface area contributed by atoms with Crippen LogP contribution in [0.3, 0.4) is 0 Å². The fourth-order valence-corrected chi connectivity index (χ4v) is 3.85. The molecule has 1 saturated carbocycles. The van der Waals surface area contributed by atoms with Crippen LogP contribution in [0, 0.1) is 12.5 Å². The number of carbonyl (C=O) groups is 2. The summed E-state index contributed by atoms with van der Waals surface area (Å²) in [5.41, 5.74) is -0.179. The number of rotatable bonds is 9. The van der Waals surface area contributed by atoms with Crippen molar-refractivity contribution in [2.45, 2.75) is 45.6 Å². The van der Waals surface area contributed by atoms with Gasteiger partial charge in [0.2, 0.25) is 11.5 Å². The van der Waals surface area contributed by atoms with Crippen LogP contribution in [0.2, 0.25) is 5.02 Å². The average Bonchev–Trinajstić information content (AvgIpc) is 3.51. The molecule has 34 heavy (non-hydrogen) atoms. The van der Waals surface area contributed by atoms with Gasteiger partial charge in [0.05, 0.1) is 11.6 Å². The number of carbonyl (C=O) groups excluding carboxylic acids is 2. The number of ketones is 1. The standard InChI is InChI=1S/C23H21ClN4O6/c1-4-16-25-27(23(31)28(16)33-6-3)12-14-8-7-9-15(18(14)24)20(29)17-19(22(30)32-5-2)26-34-21(17)13-10-11-13/h2,7-9,13H,4,6,10-12H2,1,3H3. The minimum absolute atomic E-state index is 0.0109. The molecule has 0 bridgehead atoms. The van der Waals surface area contributed by atoms with Gasteiger partial charge in [-0.25, -0.2) is 14.3 Å². The van der Waals surface area contributed by atoms with E-state index >= 15 is 0 Å². The lowest BCUT2D eigenvalue weighted by Gasteiger charge is -2.09. The Kier molecular flexibility index (Phi) is 6.56. The number of esters is 1. The number of aromatic nitrogens is 4. The summed E-state index contributed by atoms with van der Waals surface area (Å²) in [5.74, 6) is -0.774. The Bertz CT molecular complexity index is 1360. The third-order valence-corrected chi connectivity index (χ3v) is 5.77.